The number of rotatable bonds is 7. The maximum Gasteiger partial charge on any atom is 0.314 e. The Morgan fingerprint density at radius 1 is 1.25 bits per heavy atom. The second-order valence-electron chi connectivity index (χ2n) is 7.16. The number of phenolic OH excluding ortho intramolecular Hbond substituents is 1. The Morgan fingerprint density at radius 2 is 2.08 bits per heavy atom. The van der Waals surface area contributed by atoms with Gasteiger partial charge in [-0.15, -0.1) is 0 Å². The van der Waals surface area contributed by atoms with E-state index in [1.54, 1.807) is 12.1 Å². The molecule has 0 spiro atoms. The highest BCUT2D eigenvalue weighted by atomic mass is 16.5. The van der Waals surface area contributed by atoms with E-state index in [4.69, 9.17) is 4.74 Å². The van der Waals surface area contributed by atoms with E-state index in [2.05, 4.69) is 10.6 Å². The molecule has 5 nitrogen and oxygen atoms in total. The number of methoxy groups -OCH3 is 1. The van der Waals surface area contributed by atoms with Crippen LogP contribution in [0.25, 0.3) is 0 Å². The van der Waals surface area contributed by atoms with Crippen LogP contribution in [-0.2, 0) is 6.42 Å². The monoisotopic (exact) mass is 332 g/mol. The van der Waals surface area contributed by atoms with Gasteiger partial charge in [0.25, 0.3) is 0 Å². The van der Waals surface area contributed by atoms with Crippen LogP contribution < -0.4 is 15.4 Å². The van der Waals surface area contributed by atoms with Gasteiger partial charge in [0.15, 0.2) is 11.5 Å². The maximum atomic E-state index is 11.9. The molecule has 0 aromatic heterocycles. The zero-order valence-electron chi connectivity index (χ0n) is 14.4. The molecule has 2 saturated carbocycles. The van der Waals surface area contributed by atoms with Crippen molar-refractivity contribution in [2.75, 3.05) is 20.2 Å². The van der Waals surface area contributed by atoms with Crippen molar-refractivity contribution in [1.82, 2.24) is 10.6 Å². The Morgan fingerprint density at radius 3 is 2.79 bits per heavy atom. The lowest BCUT2D eigenvalue weighted by atomic mass is 9.86. The SMILES string of the molecule is COc1cc(CCNC(=O)NCCC2CC3CCC2C3)ccc1O. The number of fused-ring (bicyclic) bond motifs is 2. The minimum absolute atomic E-state index is 0.0936. The van der Waals surface area contributed by atoms with Crippen LogP contribution in [-0.4, -0.2) is 31.3 Å². The quantitative estimate of drug-likeness (QED) is 0.719. The predicted octanol–water partition coefficient (Wildman–Crippen LogP) is 3.07. The minimum atomic E-state index is -0.0936. The molecule has 2 fully saturated rings. The van der Waals surface area contributed by atoms with Gasteiger partial charge in [-0.1, -0.05) is 12.5 Å². The molecular formula is C19H28N2O3. The number of hydrogen-bond donors (Lipinski definition) is 3. The van der Waals surface area contributed by atoms with Crippen molar-refractivity contribution in [2.45, 2.75) is 38.5 Å². The van der Waals surface area contributed by atoms with Crippen molar-refractivity contribution in [3.8, 4) is 11.5 Å². The summed E-state index contributed by atoms with van der Waals surface area (Å²) in [5.41, 5.74) is 1.02. The Balaban J connectivity index is 1.31. The lowest BCUT2D eigenvalue weighted by Crippen LogP contribution is -2.37. The fraction of sp³-hybridized carbons (Fsp3) is 0.632. The first-order valence-electron chi connectivity index (χ1n) is 9.03. The van der Waals surface area contributed by atoms with Crippen LogP contribution in [0.15, 0.2) is 18.2 Å². The maximum absolute atomic E-state index is 11.9. The lowest BCUT2D eigenvalue weighted by molar-refractivity contribution is 0.238. The molecular weight excluding hydrogens is 304 g/mol. The molecule has 5 heteroatoms. The average molecular weight is 332 g/mol. The van der Waals surface area contributed by atoms with Crippen LogP contribution in [0.2, 0.25) is 0 Å². The standard InChI is InChI=1S/C19H28N2O3/c1-24-18-12-13(3-5-17(18)22)6-8-20-19(23)21-9-7-16-11-14-2-4-15(16)10-14/h3,5,12,14-16,22H,2,4,6-11H2,1H3,(H2,20,21,23). The molecule has 0 saturated heterocycles. The summed E-state index contributed by atoms with van der Waals surface area (Å²) in [6, 6.07) is 5.16. The van der Waals surface area contributed by atoms with Crippen molar-refractivity contribution in [1.29, 1.82) is 0 Å². The third-order valence-electron chi connectivity index (χ3n) is 5.63. The molecule has 3 unspecified atom stereocenters. The van der Waals surface area contributed by atoms with Gasteiger partial charge in [0.05, 0.1) is 7.11 Å². The van der Waals surface area contributed by atoms with Gasteiger partial charge in [-0.3, -0.25) is 0 Å². The van der Waals surface area contributed by atoms with Gasteiger partial charge in [0.1, 0.15) is 0 Å². The molecule has 1 aromatic carbocycles. The van der Waals surface area contributed by atoms with Crippen LogP contribution in [0.3, 0.4) is 0 Å². The molecule has 2 amide bonds. The first kappa shape index (κ1) is 16.9. The van der Waals surface area contributed by atoms with Crippen molar-refractivity contribution in [2.24, 2.45) is 17.8 Å². The number of hydrogen-bond acceptors (Lipinski definition) is 3. The van der Waals surface area contributed by atoms with E-state index in [0.717, 1.165) is 36.3 Å². The molecule has 2 aliphatic carbocycles. The van der Waals surface area contributed by atoms with Gasteiger partial charge >= 0.3 is 6.03 Å². The van der Waals surface area contributed by atoms with Crippen LogP contribution in [0.5, 0.6) is 11.5 Å². The zero-order chi connectivity index (χ0) is 16.9. The van der Waals surface area contributed by atoms with Crippen LogP contribution in [0, 0.1) is 17.8 Å². The molecule has 3 N–H and O–H groups in total. The summed E-state index contributed by atoms with van der Waals surface area (Å²) in [6.07, 6.45) is 7.44. The zero-order valence-corrected chi connectivity index (χ0v) is 14.4. The molecule has 0 aliphatic heterocycles. The number of ether oxygens (including phenoxy) is 1. The summed E-state index contributed by atoms with van der Waals surface area (Å²) in [7, 11) is 1.53. The topological polar surface area (TPSA) is 70.6 Å². The number of amides is 2. The molecule has 2 bridgehead atoms. The molecule has 3 atom stereocenters. The number of benzene rings is 1. The van der Waals surface area contributed by atoms with Crippen LogP contribution in [0.4, 0.5) is 4.79 Å². The lowest BCUT2D eigenvalue weighted by Gasteiger charge is -2.21. The summed E-state index contributed by atoms with van der Waals surface area (Å²) in [5.74, 6) is 3.31. The number of carbonyl (C=O) groups excluding carboxylic acids is 1. The highest BCUT2D eigenvalue weighted by molar-refractivity contribution is 5.73. The second-order valence-corrected chi connectivity index (χ2v) is 7.16. The summed E-state index contributed by atoms with van der Waals surface area (Å²) < 4.78 is 5.09. The van der Waals surface area contributed by atoms with Crippen LogP contribution >= 0.6 is 0 Å². The van der Waals surface area contributed by atoms with Crippen molar-refractivity contribution in [3.63, 3.8) is 0 Å². The molecule has 24 heavy (non-hydrogen) atoms. The number of aromatic hydroxyl groups is 1. The first-order valence-corrected chi connectivity index (χ1v) is 9.03. The summed E-state index contributed by atoms with van der Waals surface area (Å²) >= 11 is 0. The fourth-order valence-electron chi connectivity index (χ4n) is 4.36. The molecule has 132 valence electrons. The largest absolute Gasteiger partial charge is 0.504 e. The van der Waals surface area contributed by atoms with E-state index in [1.165, 1.54) is 32.8 Å². The number of carbonyl (C=O) groups is 1. The molecule has 1 aromatic rings. The van der Waals surface area contributed by atoms with Crippen molar-refractivity contribution in [3.05, 3.63) is 23.8 Å². The van der Waals surface area contributed by atoms with Crippen molar-refractivity contribution < 1.29 is 14.6 Å². The highest BCUT2D eigenvalue weighted by Gasteiger charge is 2.38. The Kier molecular flexibility index (Phi) is 5.48. The van der Waals surface area contributed by atoms with E-state index in [-0.39, 0.29) is 11.8 Å². The van der Waals surface area contributed by atoms with E-state index in [9.17, 15) is 9.90 Å². The van der Waals surface area contributed by atoms with Gasteiger partial charge < -0.3 is 20.5 Å². The summed E-state index contributed by atoms with van der Waals surface area (Å²) in [4.78, 5) is 11.9. The van der Waals surface area contributed by atoms with Gasteiger partial charge in [-0.25, -0.2) is 4.79 Å². The first-order chi connectivity index (χ1) is 11.7. The normalized spacial score (nSPS) is 24.8. The van der Waals surface area contributed by atoms with E-state index in [1.807, 2.05) is 6.07 Å². The second kappa shape index (κ2) is 7.77. The Bertz CT molecular complexity index is 576. The summed E-state index contributed by atoms with van der Waals surface area (Å²) in [5, 5.41) is 15.4. The number of urea groups is 1. The van der Waals surface area contributed by atoms with E-state index < -0.39 is 0 Å². The van der Waals surface area contributed by atoms with Crippen molar-refractivity contribution >= 4 is 6.03 Å². The van der Waals surface area contributed by atoms with Gasteiger partial charge in [0, 0.05) is 13.1 Å². The van der Waals surface area contributed by atoms with Gasteiger partial charge in [0.2, 0.25) is 0 Å². The average Bonchev–Trinajstić information content (AvgIpc) is 3.19. The van der Waals surface area contributed by atoms with Crippen LogP contribution in [0.1, 0.15) is 37.7 Å². The van der Waals surface area contributed by atoms with Gasteiger partial charge in [-0.05, 0) is 67.6 Å². The third kappa shape index (κ3) is 4.13. The number of phenols is 1. The van der Waals surface area contributed by atoms with Gasteiger partial charge in [-0.2, -0.15) is 0 Å². The Labute approximate surface area is 143 Å². The van der Waals surface area contributed by atoms with E-state index in [0.29, 0.717) is 18.7 Å². The highest BCUT2D eigenvalue weighted by Crippen LogP contribution is 2.49. The molecule has 2 aliphatic rings. The van der Waals surface area contributed by atoms with E-state index >= 15 is 0 Å². The molecule has 0 radical (unpaired) electrons. The molecule has 0 heterocycles. The summed E-state index contributed by atoms with van der Waals surface area (Å²) in [6.45, 7) is 1.33. The minimum Gasteiger partial charge on any atom is -0.504 e. The third-order valence-corrected chi connectivity index (χ3v) is 5.63. The Hall–Kier alpha value is -1.91. The number of nitrogens with one attached hydrogen (secondary N) is 2. The fourth-order valence-corrected chi connectivity index (χ4v) is 4.36. The predicted molar refractivity (Wildman–Crippen MR) is 93.3 cm³/mol. The smallest absolute Gasteiger partial charge is 0.314 e. The molecule has 3 rings (SSSR count).